The summed E-state index contributed by atoms with van der Waals surface area (Å²) in [5.74, 6) is 1.89. The van der Waals surface area contributed by atoms with Crippen molar-refractivity contribution in [3.8, 4) is 5.75 Å². The lowest BCUT2D eigenvalue weighted by Gasteiger charge is -2.24. The lowest BCUT2D eigenvalue weighted by molar-refractivity contribution is 0.298. The van der Waals surface area contributed by atoms with E-state index in [1.807, 2.05) is 24.3 Å². The minimum atomic E-state index is 0.162. The molecule has 0 aliphatic heterocycles. The van der Waals surface area contributed by atoms with Crippen LogP contribution in [0.15, 0.2) is 29.3 Å². The Labute approximate surface area is 122 Å². The summed E-state index contributed by atoms with van der Waals surface area (Å²) in [4.78, 5) is 4.44. The van der Waals surface area contributed by atoms with Crippen LogP contribution in [0.5, 0.6) is 5.75 Å². The summed E-state index contributed by atoms with van der Waals surface area (Å²) >= 11 is 0. The van der Waals surface area contributed by atoms with Crippen LogP contribution in [-0.2, 0) is 0 Å². The average molecular weight is 277 g/mol. The summed E-state index contributed by atoms with van der Waals surface area (Å²) in [6.07, 6.45) is 1.13. The molecule has 0 aromatic heterocycles. The van der Waals surface area contributed by atoms with E-state index in [9.17, 15) is 0 Å². The van der Waals surface area contributed by atoms with Gasteiger partial charge in [0.1, 0.15) is 5.75 Å². The van der Waals surface area contributed by atoms with E-state index in [0.29, 0.717) is 18.4 Å². The molecule has 1 aromatic rings. The second kappa shape index (κ2) is 7.17. The zero-order valence-corrected chi connectivity index (χ0v) is 13.2. The first-order chi connectivity index (χ1) is 9.32. The van der Waals surface area contributed by atoms with Crippen molar-refractivity contribution < 1.29 is 4.74 Å². The van der Waals surface area contributed by atoms with Gasteiger partial charge in [0.05, 0.1) is 7.11 Å². The highest BCUT2D eigenvalue weighted by molar-refractivity contribution is 5.92. The van der Waals surface area contributed by atoms with Crippen LogP contribution in [0, 0.1) is 11.3 Å². The summed E-state index contributed by atoms with van der Waals surface area (Å²) in [6, 6.07) is 7.63. The van der Waals surface area contributed by atoms with E-state index in [0.717, 1.165) is 17.9 Å². The molecule has 4 nitrogen and oxygen atoms in total. The zero-order valence-electron chi connectivity index (χ0n) is 13.2. The number of nitrogens with one attached hydrogen (secondary N) is 1. The van der Waals surface area contributed by atoms with Crippen LogP contribution in [0.3, 0.4) is 0 Å². The maximum absolute atomic E-state index is 5.93. The number of hydrogen-bond donors (Lipinski definition) is 2. The molecule has 0 amide bonds. The Kier molecular flexibility index (Phi) is 5.86. The van der Waals surface area contributed by atoms with E-state index in [4.69, 9.17) is 10.5 Å². The quantitative estimate of drug-likeness (QED) is 0.618. The first kappa shape index (κ1) is 16.3. The fourth-order valence-electron chi connectivity index (χ4n) is 2.36. The van der Waals surface area contributed by atoms with Gasteiger partial charge in [-0.3, -0.25) is 4.99 Å². The Morgan fingerprint density at radius 2 is 2.10 bits per heavy atom. The Bertz CT molecular complexity index is 453. The molecule has 0 saturated carbocycles. The monoisotopic (exact) mass is 277 g/mol. The van der Waals surface area contributed by atoms with Crippen molar-refractivity contribution in [2.24, 2.45) is 22.1 Å². The molecule has 4 heteroatoms. The number of benzene rings is 1. The van der Waals surface area contributed by atoms with Crippen LogP contribution in [0.2, 0.25) is 0 Å². The summed E-state index contributed by atoms with van der Waals surface area (Å²) in [7, 11) is 1.64. The molecule has 20 heavy (non-hydrogen) atoms. The molecule has 1 aromatic carbocycles. The summed E-state index contributed by atoms with van der Waals surface area (Å²) in [5.41, 5.74) is 6.98. The normalized spacial score (nSPS) is 12.6. The molecule has 0 heterocycles. The molecule has 1 rings (SSSR count). The minimum Gasteiger partial charge on any atom is -0.497 e. The minimum absolute atomic E-state index is 0.162. The van der Waals surface area contributed by atoms with Crippen molar-refractivity contribution in [3.63, 3.8) is 0 Å². The SMILES string of the molecule is COc1cccc(NC(N)=NCC(C)(C)CC(C)C)c1. The average Bonchev–Trinajstić information content (AvgIpc) is 2.35. The maximum Gasteiger partial charge on any atom is 0.193 e. The van der Waals surface area contributed by atoms with Crippen LogP contribution < -0.4 is 15.8 Å². The first-order valence-corrected chi connectivity index (χ1v) is 7.03. The van der Waals surface area contributed by atoms with E-state index in [2.05, 4.69) is 38.0 Å². The summed E-state index contributed by atoms with van der Waals surface area (Å²) in [5, 5.41) is 3.09. The van der Waals surface area contributed by atoms with Crippen LogP contribution in [0.4, 0.5) is 5.69 Å². The van der Waals surface area contributed by atoms with E-state index < -0.39 is 0 Å². The molecule has 0 atom stereocenters. The van der Waals surface area contributed by atoms with Crippen molar-refractivity contribution in [3.05, 3.63) is 24.3 Å². The van der Waals surface area contributed by atoms with Gasteiger partial charge in [-0.15, -0.1) is 0 Å². The van der Waals surface area contributed by atoms with Crippen LogP contribution in [0.1, 0.15) is 34.1 Å². The molecular formula is C16H27N3O. The van der Waals surface area contributed by atoms with Crippen molar-refractivity contribution >= 4 is 11.6 Å². The van der Waals surface area contributed by atoms with Crippen LogP contribution in [-0.4, -0.2) is 19.6 Å². The van der Waals surface area contributed by atoms with Gasteiger partial charge in [0.2, 0.25) is 0 Å². The number of nitrogens with zero attached hydrogens (tertiary/aromatic N) is 1. The van der Waals surface area contributed by atoms with E-state index in [1.165, 1.54) is 0 Å². The van der Waals surface area contributed by atoms with E-state index >= 15 is 0 Å². The topological polar surface area (TPSA) is 59.6 Å². The standard InChI is InChI=1S/C16H27N3O/c1-12(2)10-16(3,4)11-18-15(17)19-13-7-6-8-14(9-13)20-5/h6-9,12H,10-11H2,1-5H3,(H3,17,18,19). The van der Waals surface area contributed by atoms with Gasteiger partial charge in [-0.2, -0.15) is 0 Å². The Hall–Kier alpha value is -1.71. The molecule has 0 aliphatic rings. The van der Waals surface area contributed by atoms with Crippen LogP contribution >= 0.6 is 0 Å². The third-order valence-electron chi connectivity index (χ3n) is 2.98. The number of anilines is 1. The second-order valence-corrected chi connectivity index (χ2v) is 6.32. The van der Waals surface area contributed by atoms with Gasteiger partial charge >= 0.3 is 0 Å². The van der Waals surface area contributed by atoms with Gasteiger partial charge in [0.25, 0.3) is 0 Å². The summed E-state index contributed by atoms with van der Waals surface area (Å²) < 4.78 is 5.17. The van der Waals surface area contributed by atoms with Crippen molar-refractivity contribution in [1.29, 1.82) is 0 Å². The van der Waals surface area contributed by atoms with Crippen molar-refractivity contribution in [2.45, 2.75) is 34.1 Å². The highest BCUT2D eigenvalue weighted by atomic mass is 16.5. The highest BCUT2D eigenvalue weighted by Crippen LogP contribution is 2.25. The molecule has 3 N–H and O–H groups in total. The Morgan fingerprint density at radius 3 is 2.70 bits per heavy atom. The largest absolute Gasteiger partial charge is 0.497 e. The van der Waals surface area contributed by atoms with Crippen LogP contribution in [0.25, 0.3) is 0 Å². The highest BCUT2D eigenvalue weighted by Gasteiger charge is 2.18. The van der Waals surface area contributed by atoms with E-state index in [1.54, 1.807) is 7.11 Å². The fraction of sp³-hybridized carbons (Fsp3) is 0.562. The van der Waals surface area contributed by atoms with E-state index in [-0.39, 0.29) is 5.41 Å². The molecule has 0 bridgehead atoms. The molecule has 0 fully saturated rings. The third kappa shape index (κ3) is 5.95. The molecule has 112 valence electrons. The number of hydrogen-bond acceptors (Lipinski definition) is 2. The number of aliphatic imine (C=N–C) groups is 1. The fourth-order valence-corrected chi connectivity index (χ4v) is 2.36. The molecule has 0 unspecified atom stereocenters. The predicted molar refractivity (Wildman–Crippen MR) is 86.3 cm³/mol. The summed E-state index contributed by atoms with van der Waals surface area (Å²) in [6.45, 7) is 9.60. The lowest BCUT2D eigenvalue weighted by Crippen LogP contribution is -2.26. The van der Waals surface area contributed by atoms with Gasteiger partial charge in [-0.05, 0) is 29.9 Å². The number of nitrogens with two attached hydrogens (primary N) is 1. The number of rotatable bonds is 6. The van der Waals surface area contributed by atoms with Gasteiger partial charge in [-0.1, -0.05) is 33.8 Å². The van der Waals surface area contributed by atoms with Crippen molar-refractivity contribution in [1.82, 2.24) is 0 Å². The molecule has 0 radical (unpaired) electrons. The Balaban J connectivity index is 2.61. The molecule has 0 aliphatic carbocycles. The molecular weight excluding hydrogens is 250 g/mol. The number of ether oxygens (including phenoxy) is 1. The lowest BCUT2D eigenvalue weighted by atomic mass is 9.84. The smallest absolute Gasteiger partial charge is 0.193 e. The molecule has 0 saturated heterocycles. The van der Waals surface area contributed by atoms with Gasteiger partial charge in [-0.25, -0.2) is 0 Å². The third-order valence-corrected chi connectivity index (χ3v) is 2.98. The number of methoxy groups -OCH3 is 1. The van der Waals surface area contributed by atoms with Crippen molar-refractivity contribution in [2.75, 3.05) is 19.0 Å². The van der Waals surface area contributed by atoms with Gasteiger partial charge < -0.3 is 15.8 Å². The van der Waals surface area contributed by atoms with Gasteiger partial charge in [0, 0.05) is 18.3 Å². The maximum atomic E-state index is 5.93. The number of guanidine groups is 1. The van der Waals surface area contributed by atoms with Gasteiger partial charge in [0.15, 0.2) is 5.96 Å². The second-order valence-electron chi connectivity index (χ2n) is 6.32. The zero-order chi connectivity index (χ0) is 15.2. The predicted octanol–water partition coefficient (Wildman–Crippen LogP) is 3.49. The Morgan fingerprint density at radius 1 is 1.40 bits per heavy atom. The molecule has 0 spiro atoms. The first-order valence-electron chi connectivity index (χ1n) is 7.03.